The van der Waals surface area contributed by atoms with Crippen molar-refractivity contribution < 1.29 is 8.42 Å². The first kappa shape index (κ1) is 14.4. The van der Waals surface area contributed by atoms with Crippen LogP contribution in [0.25, 0.3) is 0 Å². The van der Waals surface area contributed by atoms with E-state index in [1.165, 1.54) is 22.9 Å². The lowest BCUT2D eigenvalue weighted by molar-refractivity contribution is 0.445. The molecule has 0 radical (unpaired) electrons. The molecule has 1 saturated heterocycles. The van der Waals surface area contributed by atoms with Crippen LogP contribution in [0, 0.1) is 11.8 Å². The summed E-state index contributed by atoms with van der Waals surface area (Å²) in [5, 5.41) is 0.293. The molecular weight excluding hydrogens is 319 g/mol. The third-order valence-electron chi connectivity index (χ3n) is 4.40. The third kappa shape index (κ3) is 2.21. The predicted molar refractivity (Wildman–Crippen MR) is 80.5 cm³/mol. The van der Waals surface area contributed by atoms with Crippen LogP contribution in [-0.4, -0.2) is 25.8 Å². The minimum Gasteiger partial charge on any atom is -0.396 e. The summed E-state index contributed by atoms with van der Waals surface area (Å²) in [6.45, 7) is 1.18. The number of nitrogens with two attached hydrogens (primary N) is 1. The fourth-order valence-corrected chi connectivity index (χ4v) is 5.57. The lowest BCUT2D eigenvalue weighted by Gasteiger charge is -2.19. The molecule has 2 atom stereocenters. The van der Waals surface area contributed by atoms with E-state index >= 15 is 0 Å². The third-order valence-corrected chi connectivity index (χ3v) is 7.12. The van der Waals surface area contributed by atoms with Crippen LogP contribution in [0.15, 0.2) is 17.0 Å². The van der Waals surface area contributed by atoms with Crippen molar-refractivity contribution in [3.63, 3.8) is 0 Å². The van der Waals surface area contributed by atoms with Crippen LogP contribution in [0.3, 0.4) is 0 Å². The molecule has 20 heavy (non-hydrogen) atoms. The number of rotatable bonds is 2. The average molecular weight is 335 g/mol. The van der Waals surface area contributed by atoms with Crippen molar-refractivity contribution in [3.8, 4) is 0 Å². The molecule has 1 aromatic carbocycles. The van der Waals surface area contributed by atoms with Gasteiger partial charge in [-0.1, -0.05) is 29.6 Å². The number of nitrogens with zero attached hydrogens (tertiary/aromatic N) is 1. The first-order valence-electron chi connectivity index (χ1n) is 6.65. The molecule has 7 heteroatoms. The van der Waals surface area contributed by atoms with Crippen molar-refractivity contribution in [1.82, 2.24) is 4.31 Å². The molecule has 1 aliphatic heterocycles. The van der Waals surface area contributed by atoms with Gasteiger partial charge in [-0.3, -0.25) is 0 Å². The highest BCUT2D eigenvalue weighted by molar-refractivity contribution is 7.89. The molecule has 2 fully saturated rings. The fourth-order valence-electron chi connectivity index (χ4n) is 3.28. The molecule has 0 amide bonds. The number of hydrogen-bond acceptors (Lipinski definition) is 3. The molecule has 0 aromatic heterocycles. The Balaban J connectivity index is 1.95. The van der Waals surface area contributed by atoms with E-state index in [0.717, 1.165) is 12.8 Å². The summed E-state index contributed by atoms with van der Waals surface area (Å²) in [4.78, 5) is 0.0565. The van der Waals surface area contributed by atoms with Gasteiger partial charge in [-0.25, -0.2) is 8.42 Å². The molecule has 4 nitrogen and oxygen atoms in total. The van der Waals surface area contributed by atoms with E-state index in [-0.39, 0.29) is 20.6 Å². The van der Waals surface area contributed by atoms with Crippen LogP contribution in [-0.2, 0) is 10.0 Å². The second-order valence-electron chi connectivity index (χ2n) is 5.55. The summed E-state index contributed by atoms with van der Waals surface area (Å²) < 4.78 is 26.9. The van der Waals surface area contributed by atoms with E-state index < -0.39 is 10.0 Å². The average Bonchev–Trinajstić information content (AvgIpc) is 2.96. The maximum absolute atomic E-state index is 12.7. The minimum atomic E-state index is -3.59. The van der Waals surface area contributed by atoms with Gasteiger partial charge in [0.25, 0.3) is 0 Å². The molecule has 2 unspecified atom stereocenters. The van der Waals surface area contributed by atoms with Crippen molar-refractivity contribution in [1.29, 1.82) is 0 Å². The van der Waals surface area contributed by atoms with E-state index in [9.17, 15) is 8.42 Å². The number of fused-ring (bicyclic) bond motifs is 1. The van der Waals surface area contributed by atoms with Gasteiger partial charge in [0.1, 0.15) is 4.90 Å². The number of halogens is 2. The van der Waals surface area contributed by atoms with E-state index in [0.29, 0.717) is 24.9 Å². The molecule has 1 saturated carbocycles. The SMILES string of the molecule is Nc1c(Cl)ccc(S(=O)(=O)N2CC3CCCC3C2)c1Cl. The van der Waals surface area contributed by atoms with Gasteiger partial charge in [0, 0.05) is 13.1 Å². The van der Waals surface area contributed by atoms with Crippen molar-refractivity contribution in [2.24, 2.45) is 11.8 Å². The molecule has 1 aromatic rings. The molecule has 1 aliphatic carbocycles. The summed E-state index contributed by atoms with van der Waals surface area (Å²) in [5.74, 6) is 0.987. The van der Waals surface area contributed by atoms with Crippen molar-refractivity contribution in [2.75, 3.05) is 18.8 Å². The van der Waals surface area contributed by atoms with E-state index in [2.05, 4.69) is 0 Å². The van der Waals surface area contributed by atoms with E-state index in [1.54, 1.807) is 0 Å². The van der Waals surface area contributed by atoms with E-state index in [1.807, 2.05) is 0 Å². The second kappa shape index (κ2) is 5.05. The number of benzene rings is 1. The summed E-state index contributed by atoms with van der Waals surface area (Å²) in [6.07, 6.45) is 3.44. The zero-order valence-electron chi connectivity index (χ0n) is 10.9. The van der Waals surface area contributed by atoms with Gasteiger partial charge in [0.05, 0.1) is 15.7 Å². The van der Waals surface area contributed by atoms with Crippen LogP contribution < -0.4 is 5.73 Å². The van der Waals surface area contributed by atoms with Crippen LogP contribution in [0.5, 0.6) is 0 Å². The molecule has 1 heterocycles. The van der Waals surface area contributed by atoms with Crippen molar-refractivity contribution in [3.05, 3.63) is 22.2 Å². The summed E-state index contributed by atoms with van der Waals surface area (Å²) in [5.41, 5.74) is 5.84. The Kier molecular flexibility index (Phi) is 3.65. The lowest BCUT2D eigenvalue weighted by Crippen LogP contribution is -2.30. The van der Waals surface area contributed by atoms with E-state index in [4.69, 9.17) is 28.9 Å². The summed E-state index contributed by atoms with van der Waals surface area (Å²) in [7, 11) is -3.59. The zero-order chi connectivity index (χ0) is 14.5. The van der Waals surface area contributed by atoms with Crippen LogP contribution in [0.1, 0.15) is 19.3 Å². The zero-order valence-corrected chi connectivity index (χ0v) is 13.2. The molecule has 3 rings (SSSR count). The normalized spacial score (nSPS) is 26.9. The van der Waals surface area contributed by atoms with Crippen molar-refractivity contribution >= 4 is 38.9 Å². The number of sulfonamides is 1. The molecule has 110 valence electrons. The molecule has 2 N–H and O–H groups in total. The Labute approximate surface area is 128 Å². The summed E-state index contributed by atoms with van der Waals surface area (Å²) in [6, 6.07) is 2.91. The minimum absolute atomic E-state index is 0.0227. The molecule has 0 spiro atoms. The molecule has 2 aliphatic rings. The second-order valence-corrected chi connectivity index (χ2v) is 8.24. The standard InChI is InChI=1S/C13H16Cl2N2O2S/c14-10-4-5-11(12(15)13(10)16)20(18,19)17-6-8-2-1-3-9(8)7-17/h4-5,8-9H,1-3,6-7,16H2. The van der Waals surface area contributed by atoms with Crippen LogP contribution in [0.4, 0.5) is 5.69 Å². The Morgan fingerprint density at radius 2 is 1.75 bits per heavy atom. The van der Waals surface area contributed by atoms with Crippen LogP contribution >= 0.6 is 23.2 Å². The van der Waals surface area contributed by atoms with Crippen LogP contribution in [0.2, 0.25) is 10.0 Å². The Morgan fingerprint density at radius 3 is 2.35 bits per heavy atom. The highest BCUT2D eigenvalue weighted by Crippen LogP contribution is 2.41. The monoisotopic (exact) mass is 334 g/mol. The smallest absolute Gasteiger partial charge is 0.244 e. The van der Waals surface area contributed by atoms with Gasteiger partial charge in [-0.2, -0.15) is 4.31 Å². The Hall–Kier alpha value is -0.490. The van der Waals surface area contributed by atoms with Gasteiger partial charge in [-0.05, 0) is 36.8 Å². The Morgan fingerprint density at radius 1 is 1.15 bits per heavy atom. The largest absolute Gasteiger partial charge is 0.396 e. The van der Waals surface area contributed by atoms with Gasteiger partial charge >= 0.3 is 0 Å². The fraction of sp³-hybridized carbons (Fsp3) is 0.538. The predicted octanol–water partition coefficient (Wildman–Crippen LogP) is 3.00. The van der Waals surface area contributed by atoms with Gasteiger partial charge in [0.2, 0.25) is 10.0 Å². The first-order chi connectivity index (χ1) is 9.41. The van der Waals surface area contributed by atoms with Gasteiger partial charge in [-0.15, -0.1) is 0 Å². The van der Waals surface area contributed by atoms with Gasteiger partial charge < -0.3 is 5.73 Å². The highest BCUT2D eigenvalue weighted by atomic mass is 35.5. The first-order valence-corrected chi connectivity index (χ1v) is 8.84. The Bertz CT molecular complexity index is 636. The maximum atomic E-state index is 12.7. The number of hydrogen-bond donors (Lipinski definition) is 1. The molecule has 0 bridgehead atoms. The summed E-state index contributed by atoms with van der Waals surface area (Å²) >= 11 is 11.9. The highest BCUT2D eigenvalue weighted by Gasteiger charge is 2.42. The topological polar surface area (TPSA) is 63.4 Å². The quantitative estimate of drug-likeness (QED) is 0.845. The maximum Gasteiger partial charge on any atom is 0.244 e. The molecular formula is C13H16Cl2N2O2S. The lowest BCUT2D eigenvalue weighted by atomic mass is 10.0. The van der Waals surface area contributed by atoms with Gasteiger partial charge in [0.15, 0.2) is 0 Å². The van der Waals surface area contributed by atoms with Crippen molar-refractivity contribution in [2.45, 2.75) is 24.2 Å². The number of anilines is 1. The number of nitrogen functional groups attached to an aromatic ring is 1.